The molecular weight excluding hydrogens is 526 g/mol. The highest BCUT2D eigenvalue weighted by atomic mass is 35.5. The number of benzene rings is 3. The summed E-state index contributed by atoms with van der Waals surface area (Å²) in [5, 5.41) is 3.46. The lowest BCUT2D eigenvalue weighted by Crippen LogP contribution is -2.46. The van der Waals surface area contributed by atoms with Gasteiger partial charge < -0.3 is 20.4 Å². The molecule has 4 aromatic rings. The Balaban J connectivity index is 1.49. The van der Waals surface area contributed by atoms with Gasteiger partial charge in [0.05, 0.1) is 17.6 Å². The van der Waals surface area contributed by atoms with Gasteiger partial charge in [-0.25, -0.2) is 4.98 Å². The molecule has 3 heterocycles. The van der Waals surface area contributed by atoms with Crippen molar-refractivity contribution in [1.29, 1.82) is 0 Å². The van der Waals surface area contributed by atoms with Crippen molar-refractivity contribution in [2.45, 2.75) is 51.4 Å². The van der Waals surface area contributed by atoms with Crippen molar-refractivity contribution < 1.29 is 14.3 Å². The number of primary amides is 1. The van der Waals surface area contributed by atoms with Gasteiger partial charge in [0.15, 0.2) is 0 Å². The van der Waals surface area contributed by atoms with Crippen LogP contribution in [0.2, 0.25) is 5.02 Å². The standard InChI is InChI=1S/C31H32ClN5O3/c1-4-40-22-7-5-6-19(12-22)15-37-27-16-36-26-11-8-20(29(33)39)13-25(26)35-30(36)28(27)18(2)31(37,3)23-10-9-21(32)14-24(23)34-17-38/h5-14,17-18,27-28H,4,15-16H2,1-3H3,(H2,33,39)(H,34,38)/t18-,27?,28?,31-/m1/s1. The Morgan fingerprint density at radius 1 is 1.23 bits per heavy atom. The average molecular weight is 558 g/mol. The molecule has 0 saturated carbocycles. The number of halogens is 1. The summed E-state index contributed by atoms with van der Waals surface area (Å²) in [5.74, 6) is 1.62. The maximum atomic E-state index is 11.8. The third kappa shape index (κ3) is 4.05. The Morgan fingerprint density at radius 2 is 2.05 bits per heavy atom. The topological polar surface area (TPSA) is 102 Å². The first kappa shape index (κ1) is 26.3. The molecule has 2 amide bonds. The number of rotatable bonds is 8. The van der Waals surface area contributed by atoms with E-state index in [9.17, 15) is 9.59 Å². The summed E-state index contributed by atoms with van der Waals surface area (Å²) < 4.78 is 8.08. The second kappa shape index (κ2) is 9.94. The molecule has 0 spiro atoms. The van der Waals surface area contributed by atoms with E-state index in [0.717, 1.165) is 40.3 Å². The van der Waals surface area contributed by atoms with E-state index in [2.05, 4.69) is 40.8 Å². The first-order chi connectivity index (χ1) is 19.3. The molecule has 8 nitrogen and oxygen atoms in total. The molecule has 4 atom stereocenters. The molecule has 9 heteroatoms. The van der Waals surface area contributed by atoms with Crippen LogP contribution in [0.15, 0.2) is 60.7 Å². The molecule has 2 unspecified atom stereocenters. The highest BCUT2D eigenvalue weighted by molar-refractivity contribution is 6.31. The van der Waals surface area contributed by atoms with E-state index in [1.165, 1.54) is 0 Å². The summed E-state index contributed by atoms with van der Waals surface area (Å²) in [6.07, 6.45) is 0.699. The highest BCUT2D eigenvalue weighted by Crippen LogP contribution is 2.58. The van der Waals surface area contributed by atoms with Crippen LogP contribution in [0.4, 0.5) is 5.69 Å². The van der Waals surface area contributed by atoms with E-state index in [0.29, 0.717) is 35.8 Å². The molecule has 206 valence electrons. The number of amides is 2. The molecule has 1 saturated heterocycles. The van der Waals surface area contributed by atoms with Crippen LogP contribution in [0.5, 0.6) is 5.75 Å². The number of nitrogens with one attached hydrogen (secondary N) is 1. The Bertz CT molecular complexity index is 1630. The third-order valence-electron chi connectivity index (χ3n) is 8.87. The number of hydrogen-bond donors (Lipinski definition) is 2. The summed E-state index contributed by atoms with van der Waals surface area (Å²) in [6.45, 7) is 8.53. The molecule has 6 rings (SSSR count). The number of anilines is 1. The van der Waals surface area contributed by atoms with Crippen molar-refractivity contribution in [2.24, 2.45) is 11.7 Å². The zero-order valence-electron chi connectivity index (χ0n) is 22.7. The van der Waals surface area contributed by atoms with E-state index < -0.39 is 11.4 Å². The fourth-order valence-electron chi connectivity index (χ4n) is 6.94. The minimum Gasteiger partial charge on any atom is -0.494 e. The van der Waals surface area contributed by atoms with Crippen LogP contribution in [0.25, 0.3) is 11.0 Å². The first-order valence-corrected chi connectivity index (χ1v) is 13.9. The summed E-state index contributed by atoms with van der Waals surface area (Å²) in [5.41, 5.74) is 10.1. The van der Waals surface area contributed by atoms with Gasteiger partial charge in [-0.05, 0) is 73.4 Å². The number of carbonyl (C=O) groups excluding carboxylic acids is 2. The fraction of sp³-hybridized carbons (Fsp3) is 0.323. The van der Waals surface area contributed by atoms with Gasteiger partial charge in [0.25, 0.3) is 0 Å². The number of likely N-dealkylation sites (tertiary alicyclic amines) is 1. The largest absolute Gasteiger partial charge is 0.494 e. The van der Waals surface area contributed by atoms with Crippen LogP contribution >= 0.6 is 11.6 Å². The van der Waals surface area contributed by atoms with Crippen molar-refractivity contribution in [2.75, 3.05) is 11.9 Å². The highest BCUT2D eigenvalue weighted by Gasteiger charge is 2.59. The normalized spacial score (nSPS) is 23.6. The van der Waals surface area contributed by atoms with Crippen LogP contribution in [0.1, 0.15) is 54.0 Å². The molecule has 1 aromatic heterocycles. The van der Waals surface area contributed by atoms with Gasteiger partial charge in [-0.15, -0.1) is 0 Å². The number of nitrogens with zero attached hydrogens (tertiary/aromatic N) is 3. The lowest BCUT2D eigenvalue weighted by Gasteiger charge is -2.42. The van der Waals surface area contributed by atoms with Crippen molar-refractivity contribution in [1.82, 2.24) is 14.5 Å². The Hall–Kier alpha value is -3.88. The SMILES string of the molecule is CCOc1cccc(CN2C3Cn4c(nc5cc(C(N)=O)ccc54)C3[C@@H](C)[C@]2(C)c2ccc(Cl)cc2NC=O)c1. The van der Waals surface area contributed by atoms with Crippen LogP contribution in [-0.2, 0) is 23.4 Å². The van der Waals surface area contributed by atoms with Gasteiger partial charge in [0.1, 0.15) is 11.6 Å². The summed E-state index contributed by atoms with van der Waals surface area (Å²) in [4.78, 5) is 31.0. The molecule has 40 heavy (non-hydrogen) atoms. The summed E-state index contributed by atoms with van der Waals surface area (Å²) >= 11 is 6.37. The molecule has 2 aliphatic rings. The zero-order valence-corrected chi connectivity index (χ0v) is 23.5. The van der Waals surface area contributed by atoms with Gasteiger partial charge in [-0.3, -0.25) is 14.5 Å². The number of aromatic nitrogens is 2. The number of ether oxygens (including phenoxy) is 1. The Labute approximate surface area is 238 Å². The smallest absolute Gasteiger partial charge is 0.248 e. The van der Waals surface area contributed by atoms with Crippen molar-refractivity contribution in [3.8, 4) is 5.75 Å². The lowest BCUT2D eigenvalue weighted by molar-refractivity contribution is -0.105. The van der Waals surface area contributed by atoms with Crippen LogP contribution < -0.4 is 15.8 Å². The van der Waals surface area contributed by atoms with Gasteiger partial charge in [0, 0.05) is 46.9 Å². The minimum atomic E-state index is -0.465. The minimum absolute atomic E-state index is 0.115. The lowest BCUT2D eigenvalue weighted by atomic mass is 9.76. The monoisotopic (exact) mass is 557 g/mol. The number of fused-ring (bicyclic) bond motifs is 5. The number of nitrogens with two attached hydrogens (primary N) is 1. The zero-order chi connectivity index (χ0) is 28.2. The second-order valence-electron chi connectivity index (χ2n) is 10.8. The molecule has 3 aromatic carbocycles. The first-order valence-electron chi connectivity index (χ1n) is 13.5. The quantitative estimate of drug-likeness (QED) is 0.287. The van der Waals surface area contributed by atoms with Crippen LogP contribution in [-0.4, -0.2) is 39.4 Å². The van der Waals surface area contributed by atoms with Gasteiger partial charge in [0.2, 0.25) is 12.3 Å². The van der Waals surface area contributed by atoms with Crippen LogP contribution in [0, 0.1) is 5.92 Å². The predicted octanol–water partition coefficient (Wildman–Crippen LogP) is 5.29. The average Bonchev–Trinajstić information content (AvgIpc) is 3.52. The van der Waals surface area contributed by atoms with E-state index in [4.69, 9.17) is 27.1 Å². The summed E-state index contributed by atoms with van der Waals surface area (Å²) in [6, 6.07) is 19.6. The molecule has 0 radical (unpaired) electrons. The van der Waals surface area contributed by atoms with Gasteiger partial charge in [-0.1, -0.05) is 36.7 Å². The van der Waals surface area contributed by atoms with Crippen molar-refractivity contribution in [3.05, 3.63) is 88.2 Å². The van der Waals surface area contributed by atoms with E-state index in [1.807, 2.05) is 43.3 Å². The van der Waals surface area contributed by atoms with Gasteiger partial charge in [-0.2, -0.15) is 0 Å². The second-order valence-corrected chi connectivity index (χ2v) is 11.3. The summed E-state index contributed by atoms with van der Waals surface area (Å²) in [7, 11) is 0. The fourth-order valence-corrected chi connectivity index (χ4v) is 7.12. The van der Waals surface area contributed by atoms with E-state index in [-0.39, 0.29) is 17.9 Å². The molecule has 1 fully saturated rings. The predicted molar refractivity (Wildman–Crippen MR) is 156 cm³/mol. The molecule has 2 aliphatic heterocycles. The Kier molecular flexibility index (Phi) is 6.55. The third-order valence-corrected chi connectivity index (χ3v) is 9.11. The van der Waals surface area contributed by atoms with Gasteiger partial charge >= 0.3 is 0 Å². The maximum absolute atomic E-state index is 11.8. The molecular formula is C31H32ClN5O3. The van der Waals surface area contributed by atoms with E-state index in [1.54, 1.807) is 12.1 Å². The number of carbonyl (C=O) groups is 2. The molecule has 0 bridgehead atoms. The van der Waals surface area contributed by atoms with Crippen molar-refractivity contribution >= 4 is 40.6 Å². The number of imidazole rings is 1. The Morgan fingerprint density at radius 3 is 2.80 bits per heavy atom. The number of hydrogen-bond acceptors (Lipinski definition) is 5. The molecule has 3 N–H and O–H groups in total. The maximum Gasteiger partial charge on any atom is 0.248 e. The van der Waals surface area contributed by atoms with Crippen LogP contribution in [0.3, 0.4) is 0 Å². The van der Waals surface area contributed by atoms with E-state index >= 15 is 0 Å². The van der Waals surface area contributed by atoms with Crippen molar-refractivity contribution in [3.63, 3.8) is 0 Å². The molecule has 0 aliphatic carbocycles.